The maximum Gasteiger partial charge on any atom is 0.343 e. The first kappa shape index (κ1) is 39.6. The molecule has 0 spiro atoms. The molecule has 4 aromatic carbocycles. The lowest BCUT2D eigenvalue weighted by Crippen LogP contribution is -2.09. The van der Waals surface area contributed by atoms with Gasteiger partial charge >= 0.3 is 17.9 Å². The van der Waals surface area contributed by atoms with E-state index in [0.29, 0.717) is 55.5 Å². The van der Waals surface area contributed by atoms with Gasteiger partial charge in [-0.2, -0.15) is 0 Å². The summed E-state index contributed by atoms with van der Waals surface area (Å²) in [7, 11) is 1.66. The molecule has 1 unspecified atom stereocenters. The largest absolute Gasteiger partial charge is 0.497 e. The third-order valence-corrected chi connectivity index (χ3v) is 8.26. The molecule has 1 aliphatic rings. The topological polar surface area (TPSA) is 124 Å². The zero-order valence-electron chi connectivity index (χ0n) is 30.0. The molecular weight excluding hydrogens is 676 g/mol. The van der Waals surface area contributed by atoms with Crippen LogP contribution in [0.5, 0.6) is 23.0 Å². The van der Waals surface area contributed by atoms with Crippen molar-refractivity contribution in [2.45, 2.75) is 38.5 Å². The van der Waals surface area contributed by atoms with Crippen LogP contribution in [0.15, 0.2) is 110 Å². The summed E-state index contributed by atoms with van der Waals surface area (Å²) in [6.07, 6.45) is 6.04. The minimum Gasteiger partial charge on any atom is -0.497 e. The van der Waals surface area contributed by atoms with Gasteiger partial charge in [-0.05, 0) is 121 Å². The normalized spacial score (nSPS) is 12.1. The molecule has 0 aliphatic heterocycles. The Morgan fingerprint density at radius 1 is 0.623 bits per heavy atom. The Labute approximate surface area is 309 Å². The van der Waals surface area contributed by atoms with Crippen LogP contribution in [0.3, 0.4) is 0 Å². The van der Waals surface area contributed by atoms with E-state index in [9.17, 15) is 19.2 Å². The molecule has 0 aromatic heterocycles. The number of methoxy groups -OCH3 is 1. The number of fused-ring (bicyclic) bond motifs is 3. The number of carbonyl (C=O) groups is 4. The lowest BCUT2D eigenvalue weighted by atomic mass is 9.99. The summed E-state index contributed by atoms with van der Waals surface area (Å²) >= 11 is 0. The third-order valence-electron chi connectivity index (χ3n) is 8.26. The van der Waals surface area contributed by atoms with E-state index in [2.05, 4.69) is 32.2 Å². The van der Waals surface area contributed by atoms with E-state index in [1.807, 2.05) is 24.3 Å². The molecule has 0 fully saturated rings. The number of unbranched alkanes of at least 4 members (excludes halogenated alkanes) is 2. The van der Waals surface area contributed by atoms with Crippen molar-refractivity contribution in [3.63, 3.8) is 0 Å². The molecule has 1 aliphatic carbocycles. The molecule has 0 radical (unpaired) electrons. The van der Waals surface area contributed by atoms with Crippen LogP contribution in [-0.4, -0.2) is 57.7 Å². The first-order valence-electron chi connectivity index (χ1n) is 17.3. The summed E-state index contributed by atoms with van der Waals surface area (Å²) < 4.78 is 31.9. The quantitative estimate of drug-likeness (QED) is 0.0326. The number of benzene rings is 4. The molecule has 0 heterocycles. The minimum atomic E-state index is -0.426. The van der Waals surface area contributed by atoms with Gasteiger partial charge in [0.15, 0.2) is 0 Å². The van der Waals surface area contributed by atoms with E-state index in [1.165, 1.54) is 11.1 Å². The molecule has 0 bridgehead atoms. The highest BCUT2D eigenvalue weighted by atomic mass is 16.5. The van der Waals surface area contributed by atoms with Crippen molar-refractivity contribution in [2.24, 2.45) is 0 Å². The predicted octanol–water partition coefficient (Wildman–Crippen LogP) is 8.32. The summed E-state index contributed by atoms with van der Waals surface area (Å²) in [5.74, 6) is 1.65. The summed E-state index contributed by atoms with van der Waals surface area (Å²) in [4.78, 5) is 44.8. The van der Waals surface area contributed by atoms with Crippen LogP contribution in [-0.2, 0) is 19.1 Å². The minimum absolute atomic E-state index is 0.180. The Bertz CT molecular complexity index is 1860. The van der Waals surface area contributed by atoms with Crippen molar-refractivity contribution in [1.29, 1.82) is 0 Å². The van der Waals surface area contributed by atoms with E-state index >= 15 is 0 Å². The van der Waals surface area contributed by atoms with Gasteiger partial charge < -0.3 is 28.4 Å². The molecule has 0 amide bonds. The first-order valence-corrected chi connectivity index (χ1v) is 17.3. The van der Waals surface area contributed by atoms with Gasteiger partial charge in [0, 0.05) is 23.6 Å². The second-order valence-corrected chi connectivity index (χ2v) is 11.9. The summed E-state index contributed by atoms with van der Waals surface area (Å²) in [6.45, 7) is 10.5. The van der Waals surface area contributed by atoms with Gasteiger partial charge in [-0.3, -0.25) is 4.79 Å². The maximum atomic E-state index is 12.7. The average molecular weight is 721 g/mol. The highest BCUT2D eigenvalue weighted by Crippen LogP contribution is 2.47. The molecule has 4 aromatic rings. The fourth-order valence-electron chi connectivity index (χ4n) is 5.39. The number of hydrogen-bond acceptors (Lipinski definition) is 10. The molecule has 5 rings (SSSR count). The highest BCUT2D eigenvalue weighted by molar-refractivity contribution is 5.91. The Balaban J connectivity index is 0.000000294. The zero-order valence-corrected chi connectivity index (χ0v) is 30.0. The smallest absolute Gasteiger partial charge is 0.343 e. The van der Waals surface area contributed by atoms with Gasteiger partial charge in [0.2, 0.25) is 0 Å². The summed E-state index contributed by atoms with van der Waals surface area (Å²) in [6, 6.07) is 25.6. The molecule has 10 nitrogen and oxygen atoms in total. The van der Waals surface area contributed by atoms with Crippen LogP contribution in [0, 0.1) is 0 Å². The second kappa shape index (κ2) is 20.6. The third kappa shape index (κ3) is 12.0. The van der Waals surface area contributed by atoms with Crippen LogP contribution < -0.4 is 18.9 Å². The average Bonchev–Trinajstić information content (AvgIpc) is 3.47. The predicted molar refractivity (Wildman–Crippen MR) is 201 cm³/mol. The molecule has 1 atom stereocenters. The Kier molecular flexibility index (Phi) is 15.4. The van der Waals surface area contributed by atoms with E-state index in [4.69, 9.17) is 28.4 Å². The van der Waals surface area contributed by atoms with E-state index in [0.717, 1.165) is 60.3 Å². The number of carbonyl (C=O) groups excluding carboxylic acids is 4. The van der Waals surface area contributed by atoms with Crippen LogP contribution in [0.2, 0.25) is 0 Å². The molecule has 276 valence electrons. The summed E-state index contributed by atoms with van der Waals surface area (Å²) in [5, 5.41) is 0. The van der Waals surface area contributed by atoms with Gasteiger partial charge in [-0.25, -0.2) is 14.4 Å². The van der Waals surface area contributed by atoms with Gasteiger partial charge in [-0.1, -0.05) is 32.2 Å². The lowest BCUT2D eigenvalue weighted by molar-refractivity contribution is -0.138. The van der Waals surface area contributed by atoms with Gasteiger partial charge in [0.05, 0.1) is 39.1 Å². The molecular formula is C43H44O10. The fraction of sp³-hybridized carbons (Fsp3) is 0.256. The fourth-order valence-corrected chi connectivity index (χ4v) is 5.39. The summed E-state index contributed by atoms with van der Waals surface area (Å²) in [5.41, 5.74) is 5.72. The molecule has 0 saturated carbocycles. The van der Waals surface area contributed by atoms with Crippen molar-refractivity contribution in [1.82, 2.24) is 0 Å². The SMILES string of the molecule is C=CC(=O)OCCCCOc1ccc(C(=O)Oc2ccc3c(c2)C(C)c2cc(OC)ccc2-3)cc1.C=CC(=O)OCCCCOc1ccc(C=O)cc1. The van der Waals surface area contributed by atoms with Crippen LogP contribution in [0.25, 0.3) is 11.1 Å². The highest BCUT2D eigenvalue weighted by Gasteiger charge is 2.26. The maximum absolute atomic E-state index is 12.7. The van der Waals surface area contributed by atoms with Crippen LogP contribution >= 0.6 is 0 Å². The number of hydrogen-bond donors (Lipinski definition) is 0. The monoisotopic (exact) mass is 720 g/mol. The van der Waals surface area contributed by atoms with Crippen molar-refractivity contribution in [2.75, 3.05) is 33.5 Å². The van der Waals surface area contributed by atoms with E-state index in [-0.39, 0.29) is 5.92 Å². The Hall–Kier alpha value is -6.16. The van der Waals surface area contributed by atoms with Gasteiger partial charge in [0.1, 0.15) is 29.3 Å². The van der Waals surface area contributed by atoms with E-state index < -0.39 is 17.9 Å². The number of rotatable bonds is 18. The lowest BCUT2D eigenvalue weighted by Gasteiger charge is -2.10. The molecule has 53 heavy (non-hydrogen) atoms. The van der Waals surface area contributed by atoms with Crippen LogP contribution in [0.1, 0.15) is 70.4 Å². The molecule has 0 saturated heterocycles. The number of aldehydes is 1. The van der Waals surface area contributed by atoms with Gasteiger partial charge in [0.25, 0.3) is 0 Å². The Morgan fingerprint density at radius 3 is 1.57 bits per heavy atom. The van der Waals surface area contributed by atoms with Crippen molar-refractivity contribution >= 4 is 24.2 Å². The molecule has 10 heteroatoms. The molecule has 0 N–H and O–H groups in total. The number of ether oxygens (including phenoxy) is 6. The standard InChI is InChI=1S/C29H28O6.C14H16O4/c1-4-28(30)34-16-6-5-15-33-21-9-7-20(8-10-21)29(31)35-23-12-14-25-24-13-11-22(32-3)17-26(24)19(2)27(25)18-23;1-2-14(16)18-10-4-3-9-17-13-7-5-12(11-15)6-8-13/h4,7-14,17-19H,1,5-6,15-16H2,2-3H3;2,5-8,11H,1,3-4,9-10H2. The van der Waals surface area contributed by atoms with Crippen molar-refractivity contribution in [3.8, 4) is 34.1 Å². The second-order valence-electron chi connectivity index (χ2n) is 11.9. The van der Waals surface area contributed by atoms with Crippen molar-refractivity contribution in [3.05, 3.63) is 132 Å². The number of esters is 3. The van der Waals surface area contributed by atoms with Crippen LogP contribution in [0.4, 0.5) is 0 Å². The zero-order chi connectivity index (χ0) is 38.0. The van der Waals surface area contributed by atoms with E-state index in [1.54, 1.807) is 55.6 Å². The first-order chi connectivity index (χ1) is 25.8. The van der Waals surface area contributed by atoms with Crippen molar-refractivity contribution < 1.29 is 47.6 Å². The van der Waals surface area contributed by atoms with Gasteiger partial charge in [-0.15, -0.1) is 0 Å². The Morgan fingerprint density at radius 2 is 1.08 bits per heavy atom.